The minimum atomic E-state index is 0.458. The van der Waals surface area contributed by atoms with E-state index in [1.807, 2.05) is 16.8 Å². The molecule has 1 aromatic carbocycles. The number of carbonyl (C=O) groups excluding carboxylic acids is 1. The predicted molar refractivity (Wildman–Crippen MR) is 72.3 cm³/mol. The summed E-state index contributed by atoms with van der Waals surface area (Å²) in [6.07, 6.45) is 4.34. The lowest BCUT2D eigenvalue weighted by Crippen LogP contribution is -2.17. The molecule has 1 heterocycles. The van der Waals surface area contributed by atoms with E-state index in [1.54, 1.807) is 0 Å². The fourth-order valence-corrected chi connectivity index (χ4v) is 2.58. The first-order chi connectivity index (χ1) is 9.29. The van der Waals surface area contributed by atoms with Crippen LogP contribution in [0, 0.1) is 6.92 Å². The van der Waals surface area contributed by atoms with Crippen LogP contribution in [0.4, 0.5) is 0 Å². The first kappa shape index (κ1) is 12.1. The SMILES string of the molecule is Cc1ccccc1Cn1nnc(C=O)c1C1CCC1. The molecular weight excluding hydrogens is 238 g/mol. The van der Waals surface area contributed by atoms with Crippen LogP contribution >= 0.6 is 0 Å². The number of nitrogens with zero attached hydrogens (tertiary/aromatic N) is 3. The second kappa shape index (κ2) is 4.96. The average molecular weight is 255 g/mol. The summed E-state index contributed by atoms with van der Waals surface area (Å²) in [5.41, 5.74) is 4.00. The van der Waals surface area contributed by atoms with Crippen LogP contribution in [0.1, 0.15) is 52.5 Å². The Morgan fingerprint density at radius 3 is 2.79 bits per heavy atom. The Kier molecular flexibility index (Phi) is 3.15. The van der Waals surface area contributed by atoms with Gasteiger partial charge in [0, 0.05) is 5.92 Å². The second-order valence-electron chi connectivity index (χ2n) is 5.19. The Morgan fingerprint density at radius 2 is 2.16 bits per heavy atom. The molecule has 1 saturated carbocycles. The van der Waals surface area contributed by atoms with Crippen LogP contribution in [0.5, 0.6) is 0 Å². The van der Waals surface area contributed by atoms with Crippen LogP contribution < -0.4 is 0 Å². The van der Waals surface area contributed by atoms with Crippen molar-refractivity contribution in [3.05, 3.63) is 46.8 Å². The highest BCUT2D eigenvalue weighted by atomic mass is 16.1. The van der Waals surface area contributed by atoms with Gasteiger partial charge < -0.3 is 0 Å². The van der Waals surface area contributed by atoms with Gasteiger partial charge in [0.1, 0.15) is 5.69 Å². The highest BCUT2D eigenvalue weighted by Crippen LogP contribution is 2.37. The number of hydrogen-bond donors (Lipinski definition) is 0. The summed E-state index contributed by atoms with van der Waals surface area (Å²) < 4.78 is 1.90. The van der Waals surface area contributed by atoms with E-state index in [-0.39, 0.29) is 0 Å². The van der Waals surface area contributed by atoms with Gasteiger partial charge >= 0.3 is 0 Å². The zero-order valence-corrected chi connectivity index (χ0v) is 11.0. The molecule has 1 fully saturated rings. The normalized spacial score (nSPS) is 15.2. The fraction of sp³-hybridized carbons (Fsp3) is 0.400. The lowest BCUT2D eigenvalue weighted by molar-refractivity contribution is 0.111. The molecule has 0 radical (unpaired) electrons. The molecule has 0 spiro atoms. The van der Waals surface area contributed by atoms with Gasteiger partial charge in [-0.05, 0) is 30.9 Å². The van der Waals surface area contributed by atoms with Gasteiger partial charge in [-0.1, -0.05) is 35.9 Å². The van der Waals surface area contributed by atoms with Gasteiger partial charge in [0.05, 0.1) is 12.2 Å². The number of carbonyl (C=O) groups is 1. The van der Waals surface area contributed by atoms with Crippen LogP contribution in [0.3, 0.4) is 0 Å². The highest BCUT2D eigenvalue weighted by molar-refractivity contribution is 5.73. The smallest absolute Gasteiger partial charge is 0.172 e. The van der Waals surface area contributed by atoms with E-state index in [0.29, 0.717) is 18.2 Å². The highest BCUT2D eigenvalue weighted by Gasteiger charge is 2.27. The molecule has 98 valence electrons. The summed E-state index contributed by atoms with van der Waals surface area (Å²) in [6.45, 7) is 2.79. The van der Waals surface area contributed by atoms with Crippen LogP contribution in [0.2, 0.25) is 0 Å². The predicted octanol–water partition coefficient (Wildman–Crippen LogP) is 2.71. The summed E-state index contributed by atoms with van der Waals surface area (Å²) in [6, 6.07) is 8.25. The van der Waals surface area contributed by atoms with E-state index >= 15 is 0 Å². The molecule has 4 heteroatoms. The average Bonchev–Trinajstić information content (AvgIpc) is 2.73. The molecule has 0 atom stereocenters. The first-order valence-electron chi connectivity index (χ1n) is 6.72. The summed E-state index contributed by atoms with van der Waals surface area (Å²) in [5.74, 6) is 0.458. The Morgan fingerprint density at radius 1 is 1.37 bits per heavy atom. The lowest BCUT2D eigenvalue weighted by Gasteiger charge is -2.26. The third kappa shape index (κ3) is 2.18. The molecule has 1 aliphatic rings. The van der Waals surface area contributed by atoms with Crippen LogP contribution in [-0.2, 0) is 6.54 Å². The van der Waals surface area contributed by atoms with Crippen molar-refractivity contribution >= 4 is 6.29 Å². The summed E-state index contributed by atoms with van der Waals surface area (Å²) in [5, 5.41) is 8.17. The molecule has 19 heavy (non-hydrogen) atoms. The molecular formula is C15H17N3O. The molecule has 0 unspecified atom stereocenters. The van der Waals surface area contributed by atoms with Gasteiger partial charge in [-0.2, -0.15) is 0 Å². The number of aromatic nitrogens is 3. The van der Waals surface area contributed by atoms with Gasteiger partial charge in [0.2, 0.25) is 0 Å². The van der Waals surface area contributed by atoms with Crippen molar-refractivity contribution in [3.63, 3.8) is 0 Å². The van der Waals surface area contributed by atoms with Crippen LogP contribution in [0.25, 0.3) is 0 Å². The molecule has 3 rings (SSSR count). The molecule has 0 bridgehead atoms. The quantitative estimate of drug-likeness (QED) is 0.789. The Hall–Kier alpha value is -1.97. The van der Waals surface area contributed by atoms with Gasteiger partial charge in [-0.15, -0.1) is 5.10 Å². The molecule has 1 aliphatic carbocycles. The molecule has 0 N–H and O–H groups in total. The first-order valence-corrected chi connectivity index (χ1v) is 6.72. The van der Waals surface area contributed by atoms with E-state index in [1.165, 1.54) is 17.5 Å². The van der Waals surface area contributed by atoms with Crippen molar-refractivity contribution in [1.29, 1.82) is 0 Å². The van der Waals surface area contributed by atoms with Gasteiger partial charge in [-0.3, -0.25) is 4.79 Å². The third-order valence-electron chi connectivity index (χ3n) is 3.99. The van der Waals surface area contributed by atoms with Gasteiger partial charge in [0.25, 0.3) is 0 Å². The van der Waals surface area contributed by atoms with E-state index in [4.69, 9.17) is 0 Å². The fourth-order valence-electron chi connectivity index (χ4n) is 2.58. The lowest BCUT2D eigenvalue weighted by atomic mass is 9.82. The summed E-state index contributed by atoms with van der Waals surface area (Å²) >= 11 is 0. The zero-order chi connectivity index (χ0) is 13.2. The molecule has 0 saturated heterocycles. The van der Waals surface area contributed by atoms with E-state index < -0.39 is 0 Å². The summed E-state index contributed by atoms with van der Waals surface area (Å²) in [4.78, 5) is 11.1. The molecule has 4 nitrogen and oxygen atoms in total. The Balaban J connectivity index is 1.94. The standard InChI is InChI=1S/C15H17N3O/c1-11-5-2-3-6-13(11)9-18-15(12-7-4-8-12)14(10-19)16-17-18/h2-3,5-6,10,12H,4,7-9H2,1H3. The molecule has 0 aliphatic heterocycles. The molecule has 1 aromatic heterocycles. The minimum Gasteiger partial charge on any atom is -0.296 e. The maximum Gasteiger partial charge on any atom is 0.172 e. The van der Waals surface area contributed by atoms with Crippen molar-refractivity contribution < 1.29 is 4.79 Å². The summed E-state index contributed by atoms with van der Waals surface area (Å²) in [7, 11) is 0. The van der Waals surface area contributed by atoms with Crippen molar-refractivity contribution in [2.24, 2.45) is 0 Å². The topological polar surface area (TPSA) is 47.8 Å². The van der Waals surface area contributed by atoms with Crippen LogP contribution in [0.15, 0.2) is 24.3 Å². The van der Waals surface area contributed by atoms with E-state index in [2.05, 4.69) is 29.4 Å². The van der Waals surface area contributed by atoms with Gasteiger partial charge in [-0.25, -0.2) is 4.68 Å². The largest absolute Gasteiger partial charge is 0.296 e. The Bertz CT molecular complexity index is 599. The number of aryl methyl sites for hydroxylation is 1. The molecule has 0 amide bonds. The number of rotatable bonds is 4. The number of hydrogen-bond acceptors (Lipinski definition) is 3. The van der Waals surface area contributed by atoms with Crippen molar-refractivity contribution in [1.82, 2.24) is 15.0 Å². The Labute approximate surface area is 112 Å². The number of aldehydes is 1. The van der Waals surface area contributed by atoms with Gasteiger partial charge in [0.15, 0.2) is 6.29 Å². The van der Waals surface area contributed by atoms with Crippen molar-refractivity contribution in [2.45, 2.75) is 38.6 Å². The minimum absolute atomic E-state index is 0.458. The maximum absolute atomic E-state index is 11.1. The second-order valence-corrected chi connectivity index (χ2v) is 5.19. The van der Waals surface area contributed by atoms with E-state index in [9.17, 15) is 4.79 Å². The van der Waals surface area contributed by atoms with Crippen molar-refractivity contribution in [2.75, 3.05) is 0 Å². The molecule has 2 aromatic rings. The maximum atomic E-state index is 11.1. The third-order valence-corrected chi connectivity index (χ3v) is 3.99. The van der Waals surface area contributed by atoms with Crippen molar-refractivity contribution in [3.8, 4) is 0 Å². The zero-order valence-electron chi connectivity index (χ0n) is 11.0. The van der Waals surface area contributed by atoms with E-state index in [0.717, 1.165) is 24.8 Å². The number of benzene rings is 1. The monoisotopic (exact) mass is 255 g/mol. The van der Waals surface area contributed by atoms with Crippen LogP contribution in [-0.4, -0.2) is 21.3 Å².